The van der Waals surface area contributed by atoms with Crippen molar-refractivity contribution in [3.05, 3.63) is 69.6 Å². The lowest BCUT2D eigenvalue weighted by atomic mass is 10.2. The SMILES string of the molecule is Cc1ccc(NC(=O)c2cn(-c3ccccc3)nn2)cc1I. The second-order valence-corrected chi connectivity index (χ2v) is 5.96. The number of aromatic nitrogens is 3. The lowest BCUT2D eigenvalue weighted by Crippen LogP contribution is -2.12. The maximum atomic E-state index is 12.2. The number of anilines is 1. The topological polar surface area (TPSA) is 59.8 Å². The summed E-state index contributed by atoms with van der Waals surface area (Å²) in [4.78, 5) is 12.2. The molecule has 0 atom stereocenters. The summed E-state index contributed by atoms with van der Waals surface area (Å²) in [5.74, 6) is -0.276. The van der Waals surface area contributed by atoms with Crippen molar-refractivity contribution in [3.8, 4) is 5.69 Å². The standard InChI is InChI=1S/C16H13IN4O/c1-11-7-8-12(9-14(11)17)18-16(22)15-10-21(20-19-15)13-5-3-2-4-6-13/h2-10H,1H3,(H,18,22). The molecule has 1 amide bonds. The summed E-state index contributed by atoms with van der Waals surface area (Å²) in [5.41, 5.74) is 3.06. The fourth-order valence-electron chi connectivity index (χ4n) is 1.94. The van der Waals surface area contributed by atoms with Crippen LogP contribution in [0.15, 0.2) is 54.7 Å². The fraction of sp³-hybridized carbons (Fsp3) is 0.0625. The molecule has 0 aliphatic heterocycles. The summed E-state index contributed by atoms with van der Waals surface area (Å²) < 4.78 is 2.68. The van der Waals surface area contributed by atoms with E-state index in [0.717, 1.165) is 14.9 Å². The molecule has 0 unspecified atom stereocenters. The molecule has 0 radical (unpaired) electrons. The molecule has 110 valence electrons. The minimum atomic E-state index is -0.276. The van der Waals surface area contributed by atoms with Crippen molar-refractivity contribution in [2.75, 3.05) is 5.32 Å². The first-order valence-electron chi connectivity index (χ1n) is 6.69. The van der Waals surface area contributed by atoms with Crippen LogP contribution in [-0.4, -0.2) is 20.9 Å². The Bertz CT molecular complexity index is 814. The van der Waals surface area contributed by atoms with E-state index in [1.165, 1.54) is 5.56 Å². The molecular formula is C16H13IN4O. The molecule has 0 saturated carbocycles. The van der Waals surface area contributed by atoms with Crippen molar-refractivity contribution in [2.24, 2.45) is 0 Å². The number of carbonyl (C=O) groups excluding carboxylic acids is 1. The second kappa shape index (κ2) is 6.27. The van der Waals surface area contributed by atoms with Gasteiger partial charge in [0.05, 0.1) is 11.9 Å². The molecule has 0 aliphatic carbocycles. The van der Waals surface area contributed by atoms with Crippen molar-refractivity contribution in [3.63, 3.8) is 0 Å². The number of benzene rings is 2. The minimum Gasteiger partial charge on any atom is -0.321 e. The van der Waals surface area contributed by atoms with E-state index in [1.807, 2.05) is 55.5 Å². The number of nitrogens with one attached hydrogen (secondary N) is 1. The molecule has 1 aromatic heterocycles. The second-order valence-electron chi connectivity index (χ2n) is 4.80. The van der Waals surface area contributed by atoms with Gasteiger partial charge >= 0.3 is 0 Å². The van der Waals surface area contributed by atoms with Crippen LogP contribution in [0.2, 0.25) is 0 Å². The van der Waals surface area contributed by atoms with Crippen LogP contribution in [-0.2, 0) is 0 Å². The van der Waals surface area contributed by atoms with E-state index >= 15 is 0 Å². The van der Waals surface area contributed by atoms with Crippen molar-refractivity contribution in [2.45, 2.75) is 6.92 Å². The van der Waals surface area contributed by atoms with E-state index in [1.54, 1.807) is 10.9 Å². The van der Waals surface area contributed by atoms with Gasteiger partial charge in [0.1, 0.15) is 0 Å². The van der Waals surface area contributed by atoms with E-state index in [9.17, 15) is 4.79 Å². The maximum absolute atomic E-state index is 12.2. The van der Waals surface area contributed by atoms with Crippen LogP contribution in [0.3, 0.4) is 0 Å². The molecule has 2 aromatic carbocycles. The third-order valence-corrected chi connectivity index (χ3v) is 4.34. The summed E-state index contributed by atoms with van der Waals surface area (Å²) in [6.45, 7) is 2.03. The summed E-state index contributed by atoms with van der Waals surface area (Å²) >= 11 is 2.24. The Morgan fingerprint density at radius 3 is 2.68 bits per heavy atom. The van der Waals surface area contributed by atoms with Crippen LogP contribution in [0.25, 0.3) is 5.69 Å². The summed E-state index contributed by atoms with van der Waals surface area (Å²) in [6.07, 6.45) is 1.61. The monoisotopic (exact) mass is 404 g/mol. The highest BCUT2D eigenvalue weighted by molar-refractivity contribution is 14.1. The Balaban J connectivity index is 1.78. The molecule has 0 aliphatic rings. The lowest BCUT2D eigenvalue weighted by Gasteiger charge is -2.05. The van der Waals surface area contributed by atoms with Gasteiger partial charge in [0.15, 0.2) is 5.69 Å². The van der Waals surface area contributed by atoms with Crippen molar-refractivity contribution in [1.29, 1.82) is 0 Å². The van der Waals surface area contributed by atoms with Crippen molar-refractivity contribution >= 4 is 34.2 Å². The normalized spacial score (nSPS) is 10.5. The molecule has 1 heterocycles. The zero-order valence-corrected chi connectivity index (χ0v) is 14.0. The largest absolute Gasteiger partial charge is 0.321 e. The fourth-order valence-corrected chi connectivity index (χ4v) is 2.46. The number of hydrogen-bond acceptors (Lipinski definition) is 3. The number of para-hydroxylation sites is 1. The van der Waals surface area contributed by atoms with Gasteiger partial charge in [-0.3, -0.25) is 4.79 Å². The molecule has 22 heavy (non-hydrogen) atoms. The van der Waals surface area contributed by atoms with E-state index in [0.29, 0.717) is 0 Å². The number of amides is 1. The van der Waals surface area contributed by atoms with Gasteiger partial charge in [-0.1, -0.05) is 29.5 Å². The van der Waals surface area contributed by atoms with Gasteiger partial charge < -0.3 is 5.32 Å². The van der Waals surface area contributed by atoms with Gasteiger partial charge in [0, 0.05) is 9.26 Å². The molecule has 0 spiro atoms. The molecular weight excluding hydrogens is 391 g/mol. The molecule has 3 rings (SSSR count). The van der Waals surface area contributed by atoms with Crippen molar-refractivity contribution in [1.82, 2.24) is 15.0 Å². The van der Waals surface area contributed by atoms with Gasteiger partial charge in [-0.25, -0.2) is 4.68 Å². The zero-order valence-electron chi connectivity index (χ0n) is 11.8. The smallest absolute Gasteiger partial charge is 0.277 e. The van der Waals surface area contributed by atoms with E-state index < -0.39 is 0 Å². The van der Waals surface area contributed by atoms with Crippen LogP contribution in [0, 0.1) is 10.5 Å². The van der Waals surface area contributed by atoms with Crippen molar-refractivity contribution < 1.29 is 4.79 Å². The maximum Gasteiger partial charge on any atom is 0.277 e. The molecule has 5 nitrogen and oxygen atoms in total. The average molecular weight is 404 g/mol. The van der Waals surface area contributed by atoms with E-state index in [4.69, 9.17) is 0 Å². The number of carbonyl (C=O) groups is 1. The first-order valence-corrected chi connectivity index (χ1v) is 7.76. The molecule has 6 heteroatoms. The molecule has 0 fully saturated rings. The predicted octanol–water partition coefficient (Wildman–Crippen LogP) is 3.43. The third-order valence-electron chi connectivity index (χ3n) is 3.18. The number of nitrogens with zero attached hydrogens (tertiary/aromatic N) is 3. The van der Waals surface area contributed by atoms with Crippen LogP contribution in [0.1, 0.15) is 16.1 Å². The van der Waals surface area contributed by atoms with Gasteiger partial charge in [-0.05, 0) is 59.3 Å². The van der Waals surface area contributed by atoms with E-state index in [-0.39, 0.29) is 11.6 Å². The van der Waals surface area contributed by atoms with E-state index in [2.05, 4.69) is 38.2 Å². The first kappa shape index (κ1) is 14.7. The Hall–Kier alpha value is -2.22. The van der Waals surface area contributed by atoms with Gasteiger partial charge in [-0.2, -0.15) is 0 Å². The summed E-state index contributed by atoms with van der Waals surface area (Å²) in [6, 6.07) is 15.3. The lowest BCUT2D eigenvalue weighted by molar-refractivity contribution is 0.102. The molecule has 3 aromatic rings. The quantitative estimate of drug-likeness (QED) is 0.681. The Labute approximate surface area is 141 Å². The minimum absolute atomic E-state index is 0.276. The predicted molar refractivity (Wildman–Crippen MR) is 93.2 cm³/mol. The average Bonchev–Trinajstić information content (AvgIpc) is 3.02. The number of rotatable bonds is 3. The highest BCUT2D eigenvalue weighted by atomic mass is 127. The molecule has 0 saturated heterocycles. The molecule has 1 N–H and O–H groups in total. The number of aryl methyl sites for hydroxylation is 1. The highest BCUT2D eigenvalue weighted by Crippen LogP contribution is 2.17. The molecule has 0 bridgehead atoms. The highest BCUT2D eigenvalue weighted by Gasteiger charge is 2.12. The van der Waals surface area contributed by atoms with Gasteiger partial charge in [-0.15, -0.1) is 5.10 Å². The van der Waals surface area contributed by atoms with Crippen LogP contribution in [0.5, 0.6) is 0 Å². The summed E-state index contributed by atoms with van der Waals surface area (Å²) in [7, 11) is 0. The number of halogens is 1. The van der Waals surface area contributed by atoms with Crippen LogP contribution >= 0.6 is 22.6 Å². The Morgan fingerprint density at radius 2 is 1.95 bits per heavy atom. The first-order chi connectivity index (χ1) is 10.6. The zero-order chi connectivity index (χ0) is 15.5. The number of hydrogen-bond donors (Lipinski definition) is 1. The van der Waals surface area contributed by atoms with Crippen LogP contribution in [0.4, 0.5) is 5.69 Å². The Kier molecular flexibility index (Phi) is 4.19. The third kappa shape index (κ3) is 3.16. The van der Waals surface area contributed by atoms with Gasteiger partial charge in [0.2, 0.25) is 0 Å². The van der Waals surface area contributed by atoms with Crippen LogP contribution < -0.4 is 5.32 Å². The van der Waals surface area contributed by atoms with Gasteiger partial charge in [0.25, 0.3) is 5.91 Å². The Morgan fingerprint density at radius 1 is 1.18 bits per heavy atom. The summed E-state index contributed by atoms with van der Waals surface area (Å²) in [5, 5.41) is 10.7.